The van der Waals surface area contributed by atoms with E-state index >= 15 is 0 Å². The molecule has 0 unspecified atom stereocenters. The predicted molar refractivity (Wildman–Crippen MR) is 147 cm³/mol. The van der Waals surface area contributed by atoms with Crippen molar-refractivity contribution in [2.75, 3.05) is 0 Å². The molecule has 0 N–H and O–H groups in total. The topological polar surface area (TPSA) is 39.2 Å². The Hall–Kier alpha value is -4.89. The first kappa shape index (κ1) is 19.4. The van der Waals surface area contributed by atoms with Crippen LogP contribution in [0, 0.1) is 0 Å². The monoisotopic (exact) mass is 461 g/mol. The molecule has 0 saturated carbocycles. The summed E-state index contributed by atoms with van der Waals surface area (Å²) in [6, 6.07) is 35.8. The number of nitrogens with zero attached hydrogens (tertiary/aromatic N) is 1. The standard InChI is InChI=1S/C33H19NO2/c1-2-6-24-22(5-1)13-14-28-30(24)32-29(35-28)19-26(33-31(32)25-7-3-4-8-27(25)36-33)23-11-9-20(10-12-23)21-15-17-34-18-16-21/h1-19H. The Morgan fingerprint density at radius 1 is 0.472 bits per heavy atom. The first-order chi connectivity index (χ1) is 17.8. The molecule has 3 heterocycles. The van der Waals surface area contributed by atoms with E-state index in [-0.39, 0.29) is 0 Å². The summed E-state index contributed by atoms with van der Waals surface area (Å²) in [5.41, 5.74) is 7.93. The molecule has 0 bridgehead atoms. The van der Waals surface area contributed by atoms with Crippen molar-refractivity contribution in [1.29, 1.82) is 0 Å². The van der Waals surface area contributed by atoms with E-state index in [0.717, 1.165) is 66.1 Å². The lowest BCUT2D eigenvalue weighted by molar-refractivity contribution is 0.664. The van der Waals surface area contributed by atoms with E-state index < -0.39 is 0 Å². The van der Waals surface area contributed by atoms with Crippen molar-refractivity contribution in [1.82, 2.24) is 4.98 Å². The highest BCUT2D eigenvalue weighted by molar-refractivity contribution is 6.32. The molecule has 3 nitrogen and oxygen atoms in total. The molecule has 0 saturated heterocycles. The van der Waals surface area contributed by atoms with Crippen LogP contribution in [-0.2, 0) is 0 Å². The largest absolute Gasteiger partial charge is 0.456 e. The molecule has 5 aromatic carbocycles. The number of para-hydroxylation sites is 1. The fourth-order valence-corrected chi connectivity index (χ4v) is 5.52. The second-order valence-corrected chi connectivity index (χ2v) is 9.17. The Bertz CT molecular complexity index is 2080. The van der Waals surface area contributed by atoms with Crippen molar-refractivity contribution < 1.29 is 8.83 Å². The molecule has 0 aliphatic rings. The number of hydrogen-bond acceptors (Lipinski definition) is 3. The number of hydrogen-bond donors (Lipinski definition) is 0. The average molecular weight is 462 g/mol. The van der Waals surface area contributed by atoms with Gasteiger partial charge in [-0.2, -0.15) is 0 Å². The van der Waals surface area contributed by atoms with E-state index in [9.17, 15) is 0 Å². The Labute approximate surface area is 206 Å². The summed E-state index contributed by atoms with van der Waals surface area (Å²) in [5, 5.41) is 6.84. The zero-order valence-corrected chi connectivity index (χ0v) is 19.2. The number of furan rings is 2. The van der Waals surface area contributed by atoms with Gasteiger partial charge in [0, 0.05) is 39.5 Å². The smallest absolute Gasteiger partial charge is 0.144 e. The van der Waals surface area contributed by atoms with Crippen LogP contribution in [-0.4, -0.2) is 4.98 Å². The fraction of sp³-hybridized carbons (Fsp3) is 0. The van der Waals surface area contributed by atoms with Gasteiger partial charge in [0.2, 0.25) is 0 Å². The second kappa shape index (κ2) is 7.30. The highest BCUT2D eigenvalue weighted by atomic mass is 16.3. The van der Waals surface area contributed by atoms with Gasteiger partial charge >= 0.3 is 0 Å². The molecule has 3 heteroatoms. The van der Waals surface area contributed by atoms with Gasteiger partial charge in [-0.1, -0.05) is 72.8 Å². The molecule has 0 spiro atoms. The molecule has 8 aromatic rings. The van der Waals surface area contributed by atoms with Crippen LogP contribution in [0.3, 0.4) is 0 Å². The Balaban J connectivity index is 1.48. The SMILES string of the molecule is c1ccc2c(c1)ccc1oc3cc(-c4ccc(-c5ccncc5)cc4)c4oc5ccccc5c4c3c12. The molecule has 168 valence electrons. The van der Waals surface area contributed by atoms with Gasteiger partial charge in [0.05, 0.1) is 0 Å². The van der Waals surface area contributed by atoms with Crippen molar-refractivity contribution in [3.05, 3.63) is 116 Å². The van der Waals surface area contributed by atoms with E-state index in [2.05, 4.69) is 83.8 Å². The van der Waals surface area contributed by atoms with E-state index in [1.807, 2.05) is 36.7 Å². The minimum absolute atomic E-state index is 0.869. The lowest BCUT2D eigenvalue weighted by atomic mass is 9.95. The fourth-order valence-electron chi connectivity index (χ4n) is 5.52. The summed E-state index contributed by atoms with van der Waals surface area (Å²) in [4.78, 5) is 4.13. The maximum absolute atomic E-state index is 6.54. The van der Waals surface area contributed by atoms with Crippen molar-refractivity contribution in [2.24, 2.45) is 0 Å². The predicted octanol–water partition coefficient (Wildman–Crippen LogP) is 9.37. The molecule has 0 amide bonds. The number of pyridine rings is 1. The highest BCUT2D eigenvalue weighted by Gasteiger charge is 2.21. The lowest BCUT2D eigenvalue weighted by Crippen LogP contribution is -1.83. The maximum Gasteiger partial charge on any atom is 0.144 e. The van der Waals surface area contributed by atoms with Crippen LogP contribution in [0.5, 0.6) is 0 Å². The first-order valence-corrected chi connectivity index (χ1v) is 12.0. The molecule has 36 heavy (non-hydrogen) atoms. The van der Waals surface area contributed by atoms with E-state index in [4.69, 9.17) is 8.83 Å². The minimum Gasteiger partial charge on any atom is -0.456 e. The third-order valence-electron chi connectivity index (χ3n) is 7.18. The third-order valence-corrected chi connectivity index (χ3v) is 7.18. The first-order valence-electron chi connectivity index (χ1n) is 12.0. The van der Waals surface area contributed by atoms with Crippen LogP contribution in [0.1, 0.15) is 0 Å². The second-order valence-electron chi connectivity index (χ2n) is 9.17. The molecule has 0 atom stereocenters. The molecule has 3 aromatic heterocycles. The van der Waals surface area contributed by atoms with Crippen LogP contribution in [0.2, 0.25) is 0 Å². The van der Waals surface area contributed by atoms with Crippen LogP contribution < -0.4 is 0 Å². The van der Waals surface area contributed by atoms with Gasteiger partial charge in [0.1, 0.15) is 22.3 Å². The normalized spacial score (nSPS) is 11.9. The molecule has 0 aliphatic heterocycles. The number of rotatable bonds is 2. The van der Waals surface area contributed by atoms with Gasteiger partial charge in [-0.25, -0.2) is 0 Å². The minimum atomic E-state index is 0.869. The average Bonchev–Trinajstić information content (AvgIpc) is 3.51. The van der Waals surface area contributed by atoms with Crippen molar-refractivity contribution in [3.8, 4) is 22.3 Å². The Kier molecular flexibility index (Phi) is 3.94. The summed E-state index contributed by atoms with van der Waals surface area (Å²) in [6.45, 7) is 0. The van der Waals surface area contributed by atoms with E-state index in [0.29, 0.717) is 0 Å². The summed E-state index contributed by atoms with van der Waals surface area (Å²) in [6.07, 6.45) is 3.64. The number of fused-ring (bicyclic) bond motifs is 9. The zero-order valence-electron chi connectivity index (χ0n) is 19.2. The van der Waals surface area contributed by atoms with Crippen molar-refractivity contribution >= 4 is 54.6 Å². The van der Waals surface area contributed by atoms with Gasteiger partial charge in [-0.15, -0.1) is 0 Å². The van der Waals surface area contributed by atoms with Gasteiger partial charge in [-0.05, 0) is 57.8 Å². The van der Waals surface area contributed by atoms with Gasteiger partial charge in [0.25, 0.3) is 0 Å². The van der Waals surface area contributed by atoms with Gasteiger partial charge < -0.3 is 8.83 Å². The highest BCUT2D eigenvalue weighted by Crippen LogP contribution is 2.46. The third kappa shape index (κ3) is 2.71. The van der Waals surface area contributed by atoms with E-state index in [1.54, 1.807) is 0 Å². The maximum atomic E-state index is 6.54. The Morgan fingerprint density at radius 2 is 1.19 bits per heavy atom. The molecule has 0 fully saturated rings. The van der Waals surface area contributed by atoms with Crippen LogP contribution in [0.25, 0.3) is 76.9 Å². The molecule has 0 aliphatic carbocycles. The molecular formula is C33H19NO2. The number of aromatic nitrogens is 1. The summed E-state index contributed by atoms with van der Waals surface area (Å²) >= 11 is 0. The van der Waals surface area contributed by atoms with Crippen LogP contribution in [0.4, 0.5) is 0 Å². The summed E-state index contributed by atoms with van der Waals surface area (Å²) < 4.78 is 13.0. The van der Waals surface area contributed by atoms with Gasteiger partial charge in [0.15, 0.2) is 0 Å². The lowest BCUT2D eigenvalue weighted by Gasteiger charge is -2.07. The Morgan fingerprint density at radius 3 is 2.06 bits per heavy atom. The van der Waals surface area contributed by atoms with Crippen molar-refractivity contribution in [3.63, 3.8) is 0 Å². The van der Waals surface area contributed by atoms with Crippen molar-refractivity contribution in [2.45, 2.75) is 0 Å². The molecule has 0 radical (unpaired) electrons. The zero-order chi connectivity index (χ0) is 23.6. The van der Waals surface area contributed by atoms with Crippen LogP contribution in [0.15, 0.2) is 124 Å². The molecular weight excluding hydrogens is 442 g/mol. The van der Waals surface area contributed by atoms with Crippen LogP contribution >= 0.6 is 0 Å². The number of benzene rings is 5. The summed E-state index contributed by atoms with van der Waals surface area (Å²) in [5.74, 6) is 0. The summed E-state index contributed by atoms with van der Waals surface area (Å²) in [7, 11) is 0. The molecule has 8 rings (SSSR count). The quantitative estimate of drug-likeness (QED) is 0.257. The van der Waals surface area contributed by atoms with E-state index in [1.165, 1.54) is 10.8 Å². The van der Waals surface area contributed by atoms with Gasteiger partial charge in [-0.3, -0.25) is 4.98 Å².